The minimum Gasteiger partial charge on any atom is -0.487 e. The van der Waals surface area contributed by atoms with Gasteiger partial charge >= 0.3 is 0 Å². The summed E-state index contributed by atoms with van der Waals surface area (Å²) >= 11 is 0. The number of nitrogens with one attached hydrogen (secondary N) is 1. The number of rotatable bonds is 7. The number of likely N-dealkylation sites (N-methyl/N-ethyl adjacent to an activating group) is 1. The van der Waals surface area contributed by atoms with Crippen molar-refractivity contribution in [3.05, 3.63) is 62.8 Å². The molecule has 2 aromatic rings. The van der Waals surface area contributed by atoms with Gasteiger partial charge in [-0.15, -0.1) is 0 Å². The number of carbonyl (C=O) groups excluding carboxylic acids is 2. The smallest absolute Gasteiger partial charge is 0.274 e. The van der Waals surface area contributed by atoms with Crippen LogP contribution in [0.3, 0.4) is 0 Å². The van der Waals surface area contributed by atoms with Gasteiger partial charge in [-0.25, -0.2) is 13.2 Å². The number of halogens is 3. The fraction of sp³-hybridized carbons (Fsp3) is 0.480. The highest BCUT2D eigenvalue weighted by Crippen LogP contribution is 2.38. The molecule has 0 bridgehead atoms. The van der Waals surface area contributed by atoms with E-state index >= 15 is 0 Å². The Kier molecular flexibility index (Phi) is 7.18. The second-order valence-electron chi connectivity index (χ2n) is 9.02. The van der Waals surface area contributed by atoms with Gasteiger partial charge in [-0.1, -0.05) is 26.2 Å². The van der Waals surface area contributed by atoms with Gasteiger partial charge in [0, 0.05) is 37.5 Å². The van der Waals surface area contributed by atoms with Crippen LogP contribution in [0.4, 0.5) is 13.2 Å². The largest absolute Gasteiger partial charge is 0.487 e. The molecular formula is C25H28F3N3O4. The Bertz CT molecular complexity index is 1190. The Morgan fingerprint density at radius 3 is 2.43 bits per heavy atom. The van der Waals surface area contributed by atoms with Crippen LogP contribution in [0.15, 0.2) is 23.1 Å². The van der Waals surface area contributed by atoms with E-state index in [2.05, 4.69) is 5.32 Å². The minimum atomic E-state index is -1.15. The first-order valence-electron chi connectivity index (χ1n) is 11.8. The minimum absolute atomic E-state index is 0.0759. The summed E-state index contributed by atoms with van der Waals surface area (Å²) in [4.78, 5) is 41.2. The third kappa shape index (κ3) is 4.66. The highest BCUT2D eigenvalue weighted by Gasteiger charge is 2.41. The van der Waals surface area contributed by atoms with Gasteiger partial charge in [0.25, 0.3) is 11.8 Å². The maximum atomic E-state index is 14.0. The number of amides is 2. The summed E-state index contributed by atoms with van der Waals surface area (Å²) < 4.78 is 48.6. The van der Waals surface area contributed by atoms with E-state index in [1.54, 1.807) is 16.5 Å². The predicted octanol–water partition coefficient (Wildman–Crippen LogP) is 3.94. The van der Waals surface area contributed by atoms with Gasteiger partial charge < -0.3 is 19.5 Å². The topological polar surface area (TPSA) is 80.6 Å². The van der Waals surface area contributed by atoms with E-state index in [1.165, 1.54) is 6.20 Å². The normalized spacial score (nSPS) is 19.2. The zero-order chi connectivity index (χ0) is 25.3. The van der Waals surface area contributed by atoms with E-state index in [1.807, 2.05) is 6.92 Å². The second kappa shape index (κ2) is 10.1. The Hall–Kier alpha value is -3.30. The van der Waals surface area contributed by atoms with Crippen molar-refractivity contribution in [2.75, 3.05) is 13.7 Å². The monoisotopic (exact) mass is 491 g/mol. The van der Waals surface area contributed by atoms with Crippen LogP contribution < -0.4 is 15.5 Å². The van der Waals surface area contributed by atoms with Gasteiger partial charge in [0.1, 0.15) is 23.0 Å². The first-order chi connectivity index (χ1) is 16.7. The van der Waals surface area contributed by atoms with E-state index in [0.29, 0.717) is 18.6 Å². The van der Waals surface area contributed by atoms with Crippen LogP contribution in [-0.4, -0.2) is 41.0 Å². The lowest BCUT2D eigenvalue weighted by atomic mass is 9.86. The fourth-order valence-electron chi connectivity index (χ4n) is 4.88. The van der Waals surface area contributed by atoms with Gasteiger partial charge in [-0.2, -0.15) is 0 Å². The first kappa shape index (κ1) is 24.8. The molecule has 1 saturated carbocycles. The van der Waals surface area contributed by atoms with Crippen LogP contribution in [0.2, 0.25) is 0 Å². The van der Waals surface area contributed by atoms with Crippen LogP contribution in [0.1, 0.15) is 77.9 Å². The van der Waals surface area contributed by atoms with Crippen molar-refractivity contribution in [1.82, 2.24) is 14.8 Å². The van der Waals surface area contributed by atoms with Crippen LogP contribution in [-0.2, 0) is 6.54 Å². The second-order valence-corrected chi connectivity index (χ2v) is 9.02. The fourth-order valence-corrected chi connectivity index (χ4v) is 4.88. The number of aromatic nitrogens is 1. The van der Waals surface area contributed by atoms with E-state index in [4.69, 9.17) is 4.74 Å². The van der Waals surface area contributed by atoms with Crippen LogP contribution >= 0.6 is 0 Å². The van der Waals surface area contributed by atoms with E-state index in [0.717, 1.165) is 32.1 Å². The average Bonchev–Trinajstić information content (AvgIpc) is 2.82. The molecule has 1 fully saturated rings. The van der Waals surface area contributed by atoms with E-state index in [9.17, 15) is 27.6 Å². The number of hydrogen-bond acceptors (Lipinski definition) is 4. The molecule has 188 valence electrons. The third-order valence-corrected chi connectivity index (χ3v) is 6.78. The lowest BCUT2D eigenvalue weighted by molar-refractivity contribution is 0.0504. The summed E-state index contributed by atoms with van der Waals surface area (Å²) in [6.45, 7) is 1.56. The molecule has 2 amide bonds. The SMILES string of the molecule is CCCCOc1c2n(cc(C(=O)NCc3c(F)cc(F)cc3F)c1=O)[C@@H]1CCCC[C@H]1N(C)C2=O. The summed E-state index contributed by atoms with van der Waals surface area (Å²) in [5.74, 6) is -4.77. The van der Waals surface area contributed by atoms with Crippen molar-refractivity contribution in [1.29, 1.82) is 0 Å². The molecule has 2 aliphatic rings. The predicted molar refractivity (Wildman–Crippen MR) is 122 cm³/mol. The zero-order valence-corrected chi connectivity index (χ0v) is 19.7. The molecule has 0 radical (unpaired) electrons. The molecule has 7 nitrogen and oxygen atoms in total. The quantitative estimate of drug-likeness (QED) is 0.595. The van der Waals surface area contributed by atoms with Crippen molar-refractivity contribution in [2.24, 2.45) is 0 Å². The highest BCUT2D eigenvalue weighted by molar-refractivity contribution is 5.99. The molecule has 1 aromatic carbocycles. The lowest BCUT2D eigenvalue weighted by Crippen LogP contribution is -2.51. The summed E-state index contributed by atoms with van der Waals surface area (Å²) in [5.41, 5.74) is -1.46. The maximum Gasteiger partial charge on any atom is 0.274 e. The van der Waals surface area contributed by atoms with E-state index in [-0.39, 0.29) is 41.6 Å². The third-order valence-electron chi connectivity index (χ3n) is 6.78. The summed E-state index contributed by atoms with van der Waals surface area (Å²) in [5, 5.41) is 2.34. The Labute approximate surface area is 200 Å². The number of unbranched alkanes of at least 4 members (excludes halogenated alkanes) is 1. The van der Waals surface area contributed by atoms with Crippen molar-refractivity contribution in [3.8, 4) is 5.75 Å². The van der Waals surface area contributed by atoms with Crippen LogP contribution in [0.25, 0.3) is 0 Å². The molecule has 2 heterocycles. The molecule has 1 aliphatic carbocycles. The number of pyridine rings is 1. The number of hydrogen-bond donors (Lipinski definition) is 1. The Balaban J connectivity index is 1.73. The average molecular weight is 492 g/mol. The molecule has 4 rings (SSSR count). The number of nitrogens with zero attached hydrogens (tertiary/aromatic N) is 2. The van der Waals surface area contributed by atoms with Gasteiger partial charge in [-0.3, -0.25) is 14.4 Å². The zero-order valence-electron chi connectivity index (χ0n) is 19.7. The van der Waals surface area contributed by atoms with E-state index < -0.39 is 40.9 Å². The molecule has 1 N–H and O–H groups in total. The van der Waals surface area contributed by atoms with Crippen LogP contribution in [0, 0.1) is 17.5 Å². The molecular weight excluding hydrogens is 463 g/mol. The van der Waals surface area contributed by atoms with Gasteiger partial charge in [0.2, 0.25) is 5.43 Å². The Morgan fingerprint density at radius 1 is 1.11 bits per heavy atom. The molecule has 0 saturated heterocycles. The molecule has 35 heavy (non-hydrogen) atoms. The number of benzene rings is 1. The first-order valence-corrected chi connectivity index (χ1v) is 11.8. The summed E-state index contributed by atoms with van der Waals surface area (Å²) in [6.07, 6.45) is 6.27. The maximum absolute atomic E-state index is 14.0. The van der Waals surface area contributed by atoms with Crippen molar-refractivity contribution >= 4 is 11.8 Å². The molecule has 1 aliphatic heterocycles. The highest BCUT2D eigenvalue weighted by atomic mass is 19.1. The number of fused-ring (bicyclic) bond motifs is 3. The number of carbonyl (C=O) groups is 2. The van der Waals surface area contributed by atoms with Gasteiger partial charge in [0.15, 0.2) is 11.4 Å². The van der Waals surface area contributed by atoms with Crippen molar-refractivity contribution in [3.63, 3.8) is 0 Å². The van der Waals surface area contributed by atoms with Gasteiger partial charge in [0.05, 0.1) is 18.7 Å². The van der Waals surface area contributed by atoms with Crippen molar-refractivity contribution in [2.45, 2.75) is 64.1 Å². The molecule has 10 heteroatoms. The molecule has 1 aromatic heterocycles. The Morgan fingerprint density at radius 2 is 1.77 bits per heavy atom. The van der Waals surface area contributed by atoms with Gasteiger partial charge in [-0.05, 0) is 19.3 Å². The standard InChI is InChI=1S/C25H28F3N3O4/c1-3-4-9-35-23-21-25(34)30(2)19-7-5-6-8-20(19)31(21)13-16(22(23)32)24(33)29-12-15-17(27)10-14(26)11-18(15)28/h10-11,13,19-20H,3-9,12H2,1-2H3,(H,29,33)/t19-,20-/m1/s1. The van der Waals surface area contributed by atoms with Crippen molar-refractivity contribution < 1.29 is 27.5 Å². The lowest BCUT2D eigenvalue weighted by Gasteiger charge is -2.44. The molecule has 0 unspecified atom stereocenters. The molecule has 0 spiro atoms. The molecule has 2 atom stereocenters. The summed E-state index contributed by atoms with van der Waals surface area (Å²) in [7, 11) is 1.71. The van der Waals surface area contributed by atoms with Crippen LogP contribution in [0.5, 0.6) is 5.75 Å². The number of ether oxygens (including phenoxy) is 1. The summed E-state index contributed by atoms with van der Waals surface area (Å²) in [6, 6.07) is 0.828.